The van der Waals surface area contributed by atoms with Gasteiger partial charge in [0.15, 0.2) is 0 Å². The summed E-state index contributed by atoms with van der Waals surface area (Å²) in [7, 11) is 0. The Hall–Kier alpha value is -2.09. The molecule has 0 unspecified atom stereocenters. The van der Waals surface area contributed by atoms with Crippen LogP contribution in [-0.4, -0.2) is 45.6 Å². The number of aromatic nitrogens is 2. The number of carbonyl (C=O) groups excluding carboxylic acids is 1. The van der Waals surface area contributed by atoms with Crippen molar-refractivity contribution in [2.24, 2.45) is 0 Å². The van der Waals surface area contributed by atoms with Crippen molar-refractivity contribution in [1.29, 1.82) is 0 Å². The Morgan fingerprint density at radius 2 is 2.04 bits per heavy atom. The average Bonchev–Trinajstić information content (AvgIpc) is 2.48. The molecule has 1 aliphatic rings. The van der Waals surface area contributed by atoms with Crippen LogP contribution in [0.2, 0.25) is 0 Å². The lowest BCUT2D eigenvalue weighted by molar-refractivity contribution is 0.0469. The number of carbonyl (C=O) groups is 1. The van der Waals surface area contributed by atoms with Gasteiger partial charge in [0.25, 0.3) is 0 Å². The Morgan fingerprint density at radius 1 is 1.33 bits per heavy atom. The van der Waals surface area contributed by atoms with Crippen LogP contribution in [-0.2, 0) is 4.74 Å². The maximum absolute atomic E-state index is 11.8. The highest BCUT2D eigenvalue weighted by molar-refractivity contribution is 5.68. The van der Waals surface area contributed by atoms with Gasteiger partial charge in [0.2, 0.25) is 11.8 Å². The number of nitrogens with one attached hydrogen (secondary N) is 2. The first kappa shape index (κ1) is 18.3. The molecule has 8 nitrogen and oxygen atoms in total. The van der Waals surface area contributed by atoms with E-state index in [-0.39, 0.29) is 25.0 Å². The molecule has 1 saturated carbocycles. The number of ether oxygens (including phenoxy) is 2. The predicted octanol–water partition coefficient (Wildman–Crippen LogP) is 2.05. The quantitative estimate of drug-likeness (QED) is 0.706. The van der Waals surface area contributed by atoms with Gasteiger partial charge in [-0.2, -0.15) is 4.98 Å². The molecule has 3 N–H and O–H groups in total. The summed E-state index contributed by atoms with van der Waals surface area (Å²) in [4.78, 5) is 19.9. The third-order valence-corrected chi connectivity index (χ3v) is 3.55. The third-order valence-electron chi connectivity index (χ3n) is 3.55. The molecule has 8 heteroatoms. The Kier molecular flexibility index (Phi) is 6.19. The van der Waals surface area contributed by atoms with Crippen LogP contribution in [0.4, 0.5) is 10.7 Å². The summed E-state index contributed by atoms with van der Waals surface area (Å²) in [6.07, 6.45) is 4.57. The number of rotatable bonds is 5. The van der Waals surface area contributed by atoms with Gasteiger partial charge in [0.1, 0.15) is 18.4 Å². The van der Waals surface area contributed by atoms with E-state index in [0.717, 1.165) is 25.7 Å². The Bertz CT molecular complexity index is 539. The van der Waals surface area contributed by atoms with Crippen LogP contribution in [0.15, 0.2) is 12.3 Å². The molecule has 1 aromatic rings. The molecular formula is C16H26N4O4. The lowest BCUT2D eigenvalue weighted by Gasteiger charge is -2.30. The van der Waals surface area contributed by atoms with Crippen molar-refractivity contribution in [3.8, 4) is 5.88 Å². The lowest BCUT2D eigenvalue weighted by atomic mass is 9.93. The summed E-state index contributed by atoms with van der Waals surface area (Å²) < 4.78 is 11.1. The summed E-state index contributed by atoms with van der Waals surface area (Å²) in [5.41, 5.74) is -0.488. The second-order valence-corrected chi connectivity index (χ2v) is 6.79. The van der Waals surface area contributed by atoms with E-state index in [1.54, 1.807) is 12.3 Å². The van der Waals surface area contributed by atoms with Crippen molar-refractivity contribution < 1.29 is 19.4 Å². The molecule has 1 amide bonds. The molecule has 1 fully saturated rings. The van der Waals surface area contributed by atoms with Gasteiger partial charge in [0.05, 0.1) is 0 Å². The van der Waals surface area contributed by atoms with E-state index in [9.17, 15) is 4.79 Å². The van der Waals surface area contributed by atoms with Gasteiger partial charge in [-0.15, -0.1) is 0 Å². The fourth-order valence-electron chi connectivity index (χ4n) is 2.53. The standard InChI is InChI=1S/C16H26N4O4/c1-16(2,3)24-15(22)19-11-4-6-12(7-5-11)23-13-8-9-17-14(20-13)18-10-21/h8-9,11-12,21H,4-7,10H2,1-3H3,(H,19,22)(H,17,18,20). The van der Waals surface area contributed by atoms with Gasteiger partial charge in [0, 0.05) is 18.3 Å². The van der Waals surface area contributed by atoms with E-state index in [1.165, 1.54) is 0 Å². The lowest BCUT2D eigenvalue weighted by Crippen LogP contribution is -2.42. The first-order chi connectivity index (χ1) is 11.4. The number of alkyl carbamates (subject to hydrolysis) is 1. The van der Waals surface area contributed by atoms with Crippen molar-refractivity contribution in [2.45, 2.75) is 64.2 Å². The van der Waals surface area contributed by atoms with E-state index >= 15 is 0 Å². The van der Waals surface area contributed by atoms with Crippen molar-refractivity contribution in [1.82, 2.24) is 15.3 Å². The first-order valence-electron chi connectivity index (χ1n) is 8.19. The number of aliphatic hydroxyl groups is 1. The van der Waals surface area contributed by atoms with Gasteiger partial charge >= 0.3 is 6.09 Å². The molecule has 0 saturated heterocycles. The largest absolute Gasteiger partial charge is 0.474 e. The van der Waals surface area contributed by atoms with Crippen LogP contribution >= 0.6 is 0 Å². The SMILES string of the molecule is CC(C)(C)OC(=O)NC1CCC(Oc2ccnc(NCO)n2)CC1. The molecule has 1 heterocycles. The fraction of sp³-hybridized carbons (Fsp3) is 0.688. The van der Waals surface area contributed by atoms with Gasteiger partial charge in [-0.25, -0.2) is 9.78 Å². The molecule has 0 aromatic carbocycles. The maximum atomic E-state index is 11.8. The van der Waals surface area contributed by atoms with Crippen molar-refractivity contribution in [3.63, 3.8) is 0 Å². The van der Waals surface area contributed by atoms with E-state index in [1.807, 2.05) is 20.8 Å². The molecule has 24 heavy (non-hydrogen) atoms. The molecule has 0 bridgehead atoms. The molecule has 1 aromatic heterocycles. The van der Waals surface area contributed by atoms with Gasteiger partial charge in [-0.3, -0.25) is 0 Å². The van der Waals surface area contributed by atoms with Crippen molar-refractivity contribution >= 4 is 12.0 Å². The summed E-state index contributed by atoms with van der Waals surface area (Å²) >= 11 is 0. The van der Waals surface area contributed by atoms with Gasteiger partial charge in [-0.1, -0.05) is 0 Å². The number of hydrogen-bond donors (Lipinski definition) is 3. The zero-order chi connectivity index (χ0) is 17.6. The van der Waals surface area contributed by atoms with Gasteiger partial charge < -0.3 is 25.2 Å². The summed E-state index contributed by atoms with van der Waals surface area (Å²) in [6.45, 7) is 5.31. The van der Waals surface area contributed by atoms with E-state index in [4.69, 9.17) is 14.6 Å². The van der Waals surface area contributed by atoms with Crippen molar-refractivity contribution in [2.75, 3.05) is 12.0 Å². The number of anilines is 1. The zero-order valence-corrected chi connectivity index (χ0v) is 14.4. The monoisotopic (exact) mass is 338 g/mol. The highest BCUT2D eigenvalue weighted by Gasteiger charge is 2.25. The second kappa shape index (κ2) is 8.14. The Balaban J connectivity index is 1.76. The van der Waals surface area contributed by atoms with E-state index < -0.39 is 5.60 Å². The summed E-state index contributed by atoms with van der Waals surface area (Å²) in [6, 6.07) is 1.80. The summed E-state index contributed by atoms with van der Waals surface area (Å²) in [5.74, 6) is 0.805. The molecule has 134 valence electrons. The minimum atomic E-state index is -0.488. The molecule has 0 spiro atoms. The first-order valence-corrected chi connectivity index (χ1v) is 8.19. The molecule has 0 atom stereocenters. The molecule has 0 radical (unpaired) electrons. The van der Waals surface area contributed by atoms with Crippen LogP contribution in [0, 0.1) is 0 Å². The van der Waals surface area contributed by atoms with Crippen LogP contribution in [0.25, 0.3) is 0 Å². The summed E-state index contributed by atoms with van der Waals surface area (Å²) in [5, 5.41) is 14.4. The fourth-order valence-corrected chi connectivity index (χ4v) is 2.53. The van der Waals surface area contributed by atoms with Crippen molar-refractivity contribution in [3.05, 3.63) is 12.3 Å². The third kappa shape index (κ3) is 6.19. The van der Waals surface area contributed by atoms with E-state index in [0.29, 0.717) is 11.8 Å². The number of hydrogen-bond acceptors (Lipinski definition) is 7. The van der Waals surface area contributed by atoms with Crippen LogP contribution in [0.3, 0.4) is 0 Å². The van der Waals surface area contributed by atoms with Crippen LogP contribution in [0.1, 0.15) is 46.5 Å². The predicted molar refractivity (Wildman–Crippen MR) is 88.8 cm³/mol. The maximum Gasteiger partial charge on any atom is 0.407 e. The second-order valence-electron chi connectivity index (χ2n) is 6.79. The van der Waals surface area contributed by atoms with Crippen LogP contribution < -0.4 is 15.4 Å². The molecular weight excluding hydrogens is 312 g/mol. The smallest absolute Gasteiger partial charge is 0.407 e. The highest BCUT2D eigenvalue weighted by Crippen LogP contribution is 2.23. The molecule has 1 aliphatic carbocycles. The zero-order valence-electron chi connectivity index (χ0n) is 14.4. The number of amides is 1. The minimum Gasteiger partial charge on any atom is -0.474 e. The highest BCUT2D eigenvalue weighted by atomic mass is 16.6. The van der Waals surface area contributed by atoms with Crippen LogP contribution in [0.5, 0.6) is 5.88 Å². The topological polar surface area (TPSA) is 106 Å². The average molecular weight is 338 g/mol. The Morgan fingerprint density at radius 3 is 2.67 bits per heavy atom. The molecule has 2 rings (SSSR count). The number of nitrogens with zero attached hydrogens (tertiary/aromatic N) is 2. The number of aliphatic hydroxyl groups excluding tert-OH is 1. The Labute approximate surface area is 142 Å². The molecule has 0 aliphatic heterocycles. The van der Waals surface area contributed by atoms with Gasteiger partial charge in [-0.05, 0) is 46.5 Å². The normalized spacial score (nSPS) is 21.0. The minimum absolute atomic E-state index is 0.0542. The van der Waals surface area contributed by atoms with E-state index in [2.05, 4.69) is 20.6 Å².